The number of benzene rings is 2. The van der Waals surface area contributed by atoms with E-state index in [0.29, 0.717) is 41.2 Å². The summed E-state index contributed by atoms with van der Waals surface area (Å²) < 4.78 is 16.3. The van der Waals surface area contributed by atoms with Gasteiger partial charge in [0.2, 0.25) is 5.82 Å². The number of carbonyl (C=O) groups excluding carboxylic acids is 1. The topological polar surface area (TPSA) is 77.1 Å². The number of amides is 2. The predicted octanol–water partition coefficient (Wildman–Crippen LogP) is 4.20. The molecule has 153 valence electrons. The van der Waals surface area contributed by atoms with Crippen molar-refractivity contribution in [3.05, 3.63) is 86.4 Å². The highest BCUT2D eigenvalue weighted by Crippen LogP contribution is 2.34. The monoisotopic (exact) mass is 470 g/mol. The molecule has 1 aliphatic rings. The van der Waals surface area contributed by atoms with E-state index in [0.717, 1.165) is 5.56 Å². The summed E-state index contributed by atoms with van der Waals surface area (Å²) in [6.45, 7) is 2.67. The van der Waals surface area contributed by atoms with Gasteiger partial charge in [-0.2, -0.15) is 4.48 Å². The van der Waals surface area contributed by atoms with Crippen molar-refractivity contribution in [3.8, 4) is 0 Å². The maximum absolute atomic E-state index is 14.3. The number of nitrogens with zero attached hydrogens (tertiary/aromatic N) is 2. The van der Waals surface area contributed by atoms with E-state index in [1.165, 1.54) is 10.6 Å². The van der Waals surface area contributed by atoms with Crippen LogP contribution in [0.25, 0.3) is 0 Å². The average molecular weight is 471 g/mol. The molecule has 0 saturated heterocycles. The number of nitrogens with two attached hydrogens (primary N) is 1. The van der Waals surface area contributed by atoms with Crippen molar-refractivity contribution in [2.75, 3.05) is 11.9 Å². The van der Waals surface area contributed by atoms with Gasteiger partial charge in [-0.3, -0.25) is 9.36 Å². The zero-order valence-corrected chi connectivity index (χ0v) is 17.9. The van der Waals surface area contributed by atoms with Gasteiger partial charge in [0.05, 0.1) is 24.0 Å². The van der Waals surface area contributed by atoms with Crippen LogP contribution in [0.1, 0.15) is 11.1 Å². The molecule has 0 saturated carbocycles. The molecule has 1 aromatic heterocycles. The molecule has 3 aromatic rings. The van der Waals surface area contributed by atoms with Crippen LogP contribution in [0.5, 0.6) is 0 Å². The third-order valence-electron chi connectivity index (χ3n) is 5.45. The molecule has 0 aliphatic carbocycles. The molecule has 1 unspecified atom stereocenters. The summed E-state index contributed by atoms with van der Waals surface area (Å²) in [5, 5.41) is 2.95. The fourth-order valence-corrected chi connectivity index (χ4v) is 4.13. The quantitative estimate of drug-likeness (QED) is 0.560. The summed E-state index contributed by atoms with van der Waals surface area (Å²) in [5.41, 5.74) is 7.43. The fourth-order valence-electron chi connectivity index (χ4n) is 3.79. The summed E-state index contributed by atoms with van der Waals surface area (Å²) >= 11 is 3.23. The molecule has 2 aromatic carbocycles. The summed E-state index contributed by atoms with van der Waals surface area (Å²) in [6.07, 6.45) is 0. The number of urea groups is 1. The first kappa shape index (κ1) is 20.3. The van der Waals surface area contributed by atoms with Crippen molar-refractivity contribution in [2.45, 2.75) is 20.0 Å². The molecule has 0 spiro atoms. The third kappa shape index (κ3) is 3.42. The van der Waals surface area contributed by atoms with Gasteiger partial charge in [0, 0.05) is 15.6 Å². The Morgan fingerprint density at radius 2 is 2.03 bits per heavy atom. The van der Waals surface area contributed by atoms with Gasteiger partial charge in [-0.15, -0.1) is 0 Å². The maximum atomic E-state index is 14.3. The molecule has 2 heterocycles. The number of rotatable bonds is 4. The van der Waals surface area contributed by atoms with E-state index in [9.17, 15) is 14.0 Å². The number of anilines is 2. The number of hydrogen-bond donors (Lipinski definition) is 2. The van der Waals surface area contributed by atoms with Crippen molar-refractivity contribution >= 4 is 39.2 Å². The normalized spacial score (nSPS) is 17.6. The Labute approximate surface area is 181 Å². The largest absolute Gasteiger partial charge is 0.420 e. The van der Waals surface area contributed by atoms with Gasteiger partial charge in [-0.05, 0) is 25.1 Å². The smallest absolute Gasteiger partial charge is 0.352 e. The highest BCUT2D eigenvalue weighted by molar-refractivity contribution is 9.10. The molecule has 30 heavy (non-hydrogen) atoms. The van der Waals surface area contributed by atoms with Gasteiger partial charge < -0.3 is 11.1 Å². The number of hydrogen-bond acceptors (Lipinski definition) is 3. The Bertz CT molecular complexity index is 1200. The molecule has 1 radical (unpaired) electrons. The number of pyridine rings is 1. The standard InChI is InChI=1S/C22H19BrFN4O2/c1-14-19(26-18-8-7-16(23)11-17(18)24)12-20-27(21(14)29)9-10-28(20,22(25)30)13-15-5-3-2-4-6-15/h2-8,11H,9-10,13H2,1H3,(H2-,25,26,29,30)/p+1. The van der Waals surface area contributed by atoms with Crippen LogP contribution in [0.15, 0.2) is 57.8 Å². The minimum absolute atomic E-state index is 0.208. The molecule has 8 heteroatoms. The lowest BCUT2D eigenvalue weighted by molar-refractivity contribution is 0.210. The summed E-state index contributed by atoms with van der Waals surface area (Å²) in [7, 11) is 0. The van der Waals surface area contributed by atoms with Crippen LogP contribution in [0.2, 0.25) is 0 Å². The SMILES string of the molecule is Cc1c(Nc2ccc(Br)cc2F)[c]c2n(c1=O)CC[N+]2(Cc1ccccc1)C(N)=O. The minimum atomic E-state index is -0.564. The lowest BCUT2D eigenvalue weighted by Crippen LogP contribution is -2.55. The van der Waals surface area contributed by atoms with E-state index < -0.39 is 11.8 Å². The van der Waals surface area contributed by atoms with Crippen LogP contribution in [0.4, 0.5) is 26.4 Å². The molecule has 3 N–H and O–H groups in total. The molecule has 1 aliphatic heterocycles. The van der Waals surface area contributed by atoms with E-state index in [1.54, 1.807) is 19.1 Å². The van der Waals surface area contributed by atoms with E-state index >= 15 is 0 Å². The Morgan fingerprint density at radius 3 is 2.70 bits per heavy atom. The molecule has 0 fully saturated rings. The minimum Gasteiger partial charge on any atom is -0.352 e. The second kappa shape index (κ2) is 7.70. The highest BCUT2D eigenvalue weighted by atomic mass is 79.9. The number of nitrogens with one attached hydrogen (secondary N) is 1. The van der Waals surface area contributed by atoms with E-state index in [-0.39, 0.29) is 15.7 Å². The van der Waals surface area contributed by atoms with Crippen LogP contribution in [-0.4, -0.2) is 17.1 Å². The second-order valence-electron chi connectivity index (χ2n) is 7.33. The van der Waals surface area contributed by atoms with Gasteiger partial charge in [0.25, 0.3) is 5.56 Å². The maximum Gasteiger partial charge on any atom is 0.420 e. The first-order valence-corrected chi connectivity index (χ1v) is 10.2. The van der Waals surface area contributed by atoms with Gasteiger partial charge in [-0.1, -0.05) is 46.3 Å². The summed E-state index contributed by atoms with van der Waals surface area (Å²) in [6, 6.07) is 16.7. The van der Waals surface area contributed by atoms with Gasteiger partial charge in [0.1, 0.15) is 18.9 Å². The van der Waals surface area contributed by atoms with Crippen molar-refractivity contribution in [3.63, 3.8) is 0 Å². The predicted molar refractivity (Wildman–Crippen MR) is 118 cm³/mol. The van der Waals surface area contributed by atoms with Gasteiger partial charge in [0.15, 0.2) is 0 Å². The number of aromatic nitrogens is 1. The third-order valence-corrected chi connectivity index (χ3v) is 5.95. The van der Waals surface area contributed by atoms with Crippen molar-refractivity contribution in [2.24, 2.45) is 5.73 Å². The van der Waals surface area contributed by atoms with Crippen LogP contribution in [0, 0.1) is 18.8 Å². The molecule has 2 amide bonds. The zero-order valence-electron chi connectivity index (χ0n) is 16.3. The number of primary amides is 1. The van der Waals surface area contributed by atoms with Crippen LogP contribution >= 0.6 is 15.9 Å². The lowest BCUT2D eigenvalue weighted by atomic mass is 10.1. The lowest BCUT2D eigenvalue weighted by Gasteiger charge is -2.28. The van der Waals surface area contributed by atoms with Crippen LogP contribution < -0.4 is 21.1 Å². The number of halogens is 2. The molecular formula is C22H20BrFN4O2+. The van der Waals surface area contributed by atoms with Crippen molar-refractivity contribution in [1.29, 1.82) is 0 Å². The molecule has 1 atom stereocenters. The number of quaternary nitrogens is 1. The molecular weight excluding hydrogens is 451 g/mol. The molecule has 0 bridgehead atoms. The Balaban J connectivity index is 1.83. The van der Waals surface area contributed by atoms with E-state index in [2.05, 4.69) is 27.3 Å². The van der Waals surface area contributed by atoms with Crippen molar-refractivity contribution < 1.29 is 9.18 Å². The Morgan fingerprint density at radius 1 is 1.30 bits per heavy atom. The zero-order chi connectivity index (χ0) is 21.5. The van der Waals surface area contributed by atoms with Gasteiger partial charge >= 0.3 is 6.03 Å². The summed E-state index contributed by atoms with van der Waals surface area (Å²) in [5.74, 6) is -0.0975. The first-order chi connectivity index (χ1) is 14.3. The summed E-state index contributed by atoms with van der Waals surface area (Å²) in [4.78, 5) is 25.6. The Hall–Kier alpha value is -2.97. The van der Waals surface area contributed by atoms with E-state index in [4.69, 9.17) is 5.73 Å². The number of carbonyl (C=O) groups is 1. The number of fused-ring (bicyclic) bond motifs is 1. The molecule has 4 rings (SSSR count). The highest BCUT2D eigenvalue weighted by Gasteiger charge is 2.46. The second-order valence-corrected chi connectivity index (χ2v) is 8.24. The van der Waals surface area contributed by atoms with Gasteiger partial charge in [-0.25, -0.2) is 9.18 Å². The average Bonchev–Trinajstić information content (AvgIpc) is 3.08. The molecule has 6 nitrogen and oxygen atoms in total. The van der Waals surface area contributed by atoms with Crippen LogP contribution in [-0.2, 0) is 13.1 Å². The fraction of sp³-hybridized carbons (Fsp3) is 0.182. The van der Waals surface area contributed by atoms with E-state index in [1.807, 2.05) is 30.3 Å². The Kier molecular flexibility index (Phi) is 5.21. The first-order valence-electron chi connectivity index (χ1n) is 9.42. The van der Waals surface area contributed by atoms with Crippen molar-refractivity contribution in [1.82, 2.24) is 9.05 Å². The van der Waals surface area contributed by atoms with Crippen LogP contribution in [0.3, 0.4) is 0 Å².